The van der Waals surface area contributed by atoms with Gasteiger partial charge in [-0.2, -0.15) is 10.5 Å². The summed E-state index contributed by atoms with van der Waals surface area (Å²) in [6.07, 6.45) is 3.49. The summed E-state index contributed by atoms with van der Waals surface area (Å²) in [4.78, 5) is 0. The molecule has 0 aliphatic carbocycles. The number of rotatable bonds is 0. The Morgan fingerprint density at radius 2 is 1.94 bits per heavy atom. The molecule has 1 heterocycles. The predicted molar refractivity (Wildman–Crippen MR) is 59.1 cm³/mol. The van der Waals surface area contributed by atoms with Gasteiger partial charge < -0.3 is 4.74 Å². The number of nitrogens with zero attached hydrogens (tertiary/aromatic N) is 2. The third kappa shape index (κ3) is 1.67. The first-order valence-electron chi connectivity index (χ1n) is 4.75. The van der Waals surface area contributed by atoms with E-state index in [-0.39, 0.29) is 5.57 Å². The molecule has 0 fully saturated rings. The van der Waals surface area contributed by atoms with Crippen LogP contribution in [0.3, 0.4) is 0 Å². The highest BCUT2D eigenvalue weighted by Crippen LogP contribution is 2.29. The van der Waals surface area contributed by atoms with Gasteiger partial charge in [0.1, 0.15) is 17.9 Å². The van der Waals surface area contributed by atoms with Crippen molar-refractivity contribution in [2.45, 2.75) is 6.92 Å². The van der Waals surface area contributed by atoms with Gasteiger partial charge in [0.05, 0.1) is 0 Å². The highest BCUT2D eigenvalue weighted by molar-refractivity contribution is 5.65. The van der Waals surface area contributed by atoms with E-state index in [9.17, 15) is 0 Å². The van der Waals surface area contributed by atoms with E-state index in [0.717, 1.165) is 11.1 Å². The Hall–Kier alpha value is -2.52. The first-order valence-corrected chi connectivity index (χ1v) is 4.75. The normalized spacial score (nSPS) is 12.1. The molecule has 1 aromatic carbocycles. The maximum Gasteiger partial charge on any atom is 0.172 e. The fourth-order valence-electron chi connectivity index (χ4n) is 1.48. The molecule has 0 unspecified atom stereocenters. The molecule has 0 radical (unpaired) electrons. The van der Waals surface area contributed by atoms with Gasteiger partial charge >= 0.3 is 0 Å². The zero-order valence-electron chi connectivity index (χ0n) is 8.69. The van der Waals surface area contributed by atoms with Crippen molar-refractivity contribution < 1.29 is 4.74 Å². The molecule has 16 heavy (non-hydrogen) atoms. The van der Waals surface area contributed by atoms with E-state index in [1.54, 1.807) is 18.2 Å². The molecule has 0 amide bonds. The van der Waals surface area contributed by atoms with Gasteiger partial charge in [0.25, 0.3) is 0 Å². The Morgan fingerprint density at radius 3 is 2.62 bits per heavy atom. The van der Waals surface area contributed by atoms with Crippen molar-refractivity contribution in [2.24, 2.45) is 0 Å². The van der Waals surface area contributed by atoms with Crippen LogP contribution in [-0.2, 0) is 0 Å². The van der Waals surface area contributed by atoms with Gasteiger partial charge in [0.15, 0.2) is 11.3 Å². The molecule has 1 aliphatic rings. The van der Waals surface area contributed by atoms with Crippen molar-refractivity contribution in [3.05, 3.63) is 46.7 Å². The molecule has 1 aromatic rings. The lowest BCUT2D eigenvalue weighted by Crippen LogP contribution is -2.01. The standard InChI is InChI=1S/C13H8N2O/c1-9-2-4-12-10(6-9)3-5-13(16-12)11(7-14)8-15/h2-6H,1H3. The molecular weight excluding hydrogens is 200 g/mol. The van der Waals surface area contributed by atoms with E-state index in [2.05, 4.69) is 0 Å². The number of allylic oxidation sites excluding steroid dienone is 2. The van der Waals surface area contributed by atoms with E-state index >= 15 is 0 Å². The number of ether oxygens (including phenoxy) is 1. The van der Waals surface area contributed by atoms with Gasteiger partial charge in [-0.15, -0.1) is 0 Å². The molecule has 0 bridgehead atoms. The molecule has 76 valence electrons. The maximum atomic E-state index is 8.73. The van der Waals surface area contributed by atoms with Crippen LogP contribution in [0.1, 0.15) is 11.1 Å². The number of nitriles is 2. The van der Waals surface area contributed by atoms with Crippen molar-refractivity contribution in [3.8, 4) is 17.9 Å². The molecule has 3 heteroatoms. The van der Waals surface area contributed by atoms with Crippen molar-refractivity contribution in [1.29, 1.82) is 10.5 Å². The average Bonchev–Trinajstić information content (AvgIpc) is 2.31. The number of benzene rings is 1. The Morgan fingerprint density at radius 1 is 1.19 bits per heavy atom. The van der Waals surface area contributed by atoms with Gasteiger partial charge in [0.2, 0.25) is 0 Å². The lowest BCUT2D eigenvalue weighted by Gasteiger charge is -2.14. The second kappa shape index (κ2) is 3.92. The molecule has 0 spiro atoms. The van der Waals surface area contributed by atoms with E-state index < -0.39 is 0 Å². The first kappa shape index (κ1) is 10.0. The van der Waals surface area contributed by atoms with Gasteiger partial charge in [0, 0.05) is 5.56 Å². The molecular formula is C13H8N2O. The van der Waals surface area contributed by atoms with Crippen LogP contribution in [0.4, 0.5) is 0 Å². The Bertz CT molecular complexity index is 567. The summed E-state index contributed by atoms with van der Waals surface area (Å²) in [7, 11) is 0. The molecule has 2 rings (SSSR count). The largest absolute Gasteiger partial charge is 0.455 e. The SMILES string of the molecule is Cc1ccc2c(c1)C=CC(=C(C#N)C#N)O2. The second-order valence-corrected chi connectivity index (χ2v) is 3.44. The molecule has 0 saturated carbocycles. The average molecular weight is 208 g/mol. The summed E-state index contributed by atoms with van der Waals surface area (Å²) in [5.41, 5.74) is 2.08. The van der Waals surface area contributed by atoms with Gasteiger partial charge in [-0.05, 0) is 31.2 Å². The monoisotopic (exact) mass is 208 g/mol. The molecule has 0 saturated heterocycles. The van der Waals surface area contributed by atoms with Crippen LogP contribution < -0.4 is 4.74 Å². The van der Waals surface area contributed by atoms with Crippen LogP contribution >= 0.6 is 0 Å². The summed E-state index contributed by atoms with van der Waals surface area (Å²) in [5, 5.41) is 17.5. The van der Waals surface area contributed by atoms with Crippen molar-refractivity contribution in [3.63, 3.8) is 0 Å². The van der Waals surface area contributed by atoms with Crippen LogP contribution in [0.25, 0.3) is 6.08 Å². The zero-order chi connectivity index (χ0) is 11.5. The van der Waals surface area contributed by atoms with Crippen molar-refractivity contribution in [1.82, 2.24) is 0 Å². The van der Waals surface area contributed by atoms with Gasteiger partial charge in [-0.25, -0.2) is 0 Å². The molecule has 0 aromatic heterocycles. The van der Waals surface area contributed by atoms with Crippen molar-refractivity contribution in [2.75, 3.05) is 0 Å². The van der Waals surface area contributed by atoms with Crippen LogP contribution in [0.15, 0.2) is 35.6 Å². The lowest BCUT2D eigenvalue weighted by atomic mass is 10.1. The molecule has 1 aliphatic heterocycles. The minimum Gasteiger partial charge on any atom is -0.455 e. The second-order valence-electron chi connectivity index (χ2n) is 3.44. The van der Waals surface area contributed by atoms with E-state index in [1.165, 1.54) is 0 Å². The van der Waals surface area contributed by atoms with E-state index in [1.807, 2.05) is 31.2 Å². The topological polar surface area (TPSA) is 56.8 Å². The quantitative estimate of drug-likeness (QED) is 0.616. The van der Waals surface area contributed by atoms with Crippen molar-refractivity contribution >= 4 is 6.08 Å². The van der Waals surface area contributed by atoms with Crippen LogP contribution in [-0.4, -0.2) is 0 Å². The van der Waals surface area contributed by atoms with Crippen LogP contribution in [0, 0.1) is 29.6 Å². The fourth-order valence-corrected chi connectivity index (χ4v) is 1.48. The van der Waals surface area contributed by atoms with E-state index in [4.69, 9.17) is 15.3 Å². The molecule has 0 atom stereocenters. The Balaban J connectivity index is 2.49. The number of fused-ring (bicyclic) bond motifs is 1. The molecule has 0 N–H and O–H groups in total. The predicted octanol–water partition coefficient (Wildman–Crippen LogP) is 2.70. The summed E-state index contributed by atoms with van der Waals surface area (Å²) in [5.74, 6) is 0.979. The summed E-state index contributed by atoms with van der Waals surface area (Å²) in [6.45, 7) is 2.00. The smallest absolute Gasteiger partial charge is 0.172 e. The molecule has 3 nitrogen and oxygen atoms in total. The number of hydrogen-bond donors (Lipinski definition) is 0. The Labute approximate surface area is 93.5 Å². The van der Waals surface area contributed by atoms with Gasteiger partial charge in [-0.3, -0.25) is 0 Å². The summed E-state index contributed by atoms with van der Waals surface area (Å²) in [6, 6.07) is 9.36. The number of hydrogen-bond acceptors (Lipinski definition) is 3. The fraction of sp³-hybridized carbons (Fsp3) is 0.0769. The zero-order valence-corrected chi connectivity index (χ0v) is 8.69. The summed E-state index contributed by atoms with van der Waals surface area (Å²) < 4.78 is 5.48. The van der Waals surface area contributed by atoms with Crippen LogP contribution in [0.2, 0.25) is 0 Å². The lowest BCUT2D eigenvalue weighted by molar-refractivity contribution is 0.437. The number of aryl methyl sites for hydroxylation is 1. The minimum absolute atomic E-state index is 0.0116. The third-order valence-electron chi connectivity index (χ3n) is 2.27. The minimum atomic E-state index is -0.0116. The van der Waals surface area contributed by atoms with E-state index in [0.29, 0.717) is 11.5 Å². The first-order chi connectivity index (χ1) is 7.74. The van der Waals surface area contributed by atoms with Gasteiger partial charge in [-0.1, -0.05) is 11.6 Å². The maximum absolute atomic E-state index is 8.73. The highest BCUT2D eigenvalue weighted by atomic mass is 16.5. The Kier molecular flexibility index (Phi) is 2.45. The third-order valence-corrected chi connectivity index (χ3v) is 2.27. The highest BCUT2D eigenvalue weighted by Gasteiger charge is 2.13. The summed E-state index contributed by atoms with van der Waals surface area (Å²) >= 11 is 0. The van der Waals surface area contributed by atoms with Crippen LogP contribution in [0.5, 0.6) is 5.75 Å².